The maximum atomic E-state index is 9.70. The first-order valence-electron chi connectivity index (χ1n) is 34.4. The zero-order valence-electron chi connectivity index (χ0n) is 55.0. The van der Waals surface area contributed by atoms with E-state index in [1.165, 1.54) is 97.7 Å². The van der Waals surface area contributed by atoms with Crippen molar-refractivity contribution in [2.45, 2.75) is 0 Å². The van der Waals surface area contributed by atoms with Crippen LogP contribution in [0.15, 0.2) is 340 Å². The fourth-order valence-electron chi connectivity index (χ4n) is 16.1. The summed E-state index contributed by atoms with van der Waals surface area (Å²) < 4.78 is 4.54. The van der Waals surface area contributed by atoms with Gasteiger partial charge in [0.1, 0.15) is 0 Å². The molecule has 0 spiro atoms. The molecule has 0 amide bonds. The van der Waals surface area contributed by atoms with Gasteiger partial charge in [0.05, 0.1) is 56.7 Å². The van der Waals surface area contributed by atoms with Gasteiger partial charge in [0.25, 0.3) is 0 Å². The van der Waals surface area contributed by atoms with E-state index in [2.05, 4.69) is 312 Å². The first-order chi connectivity index (χ1) is 50.4. The molecule has 6 nitrogen and oxygen atoms in total. The van der Waals surface area contributed by atoms with E-state index >= 15 is 0 Å². The molecule has 0 saturated heterocycles. The fraction of sp³-hybridized carbons (Fsp3) is 0. The third kappa shape index (κ3) is 9.55. The van der Waals surface area contributed by atoms with Crippen LogP contribution in [0.3, 0.4) is 0 Å². The molecule has 0 bridgehead atoms. The van der Waals surface area contributed by atoms with E-state index in [-0.39, 0.29) is 0 Å². The first kappa shape index (κ1) is 58.1. The van der Waals surface area contributed by atoms with Crippen LogP contribution in [0.2, 0.25) is 0 Å². The van der Waals surface area contributed by atoms with Crippen molar-refractivity contribution >= 4 is 119 Å². The van der Waals surface area contributed by atoms with Crippen molar-refractivity contribution in [2.75, 3.05) is 0 Å². The molecule has 17 aromatic carbocycles. The number of benzene rings is 17. The van der Waals surface area contributed by atoms with E-state index in [1.807, 2.05) is 48.8 Å². The summed E-state index contributed by atoms with van der Waals surface area (Å²) in [6.07, 6.45) is 3.95. The monoisotopic (exact) mass is 1290 g/mol. The van der Waals surface area contributed by atoms with Gasteiger partial charge >= 0.3 is 0 Å². The Morgan fingerprint density at radius 2 is 0.578 bits per heavy atom. The normalized spacial score (nSPS) is 11.7. The molecular weight excluding hydrogens is 1240 g/mol. The van der Waals surface area contributed by atoms with Crippen LogP contribution in [0.5, 0.6) is 0 Å². The van der Waals surface area contributed by atoms with E-state index in [9.17, 15) is 10.5 Å². The predicted octanol–water partition coefficient (Wildman–Crippen LogP) is 25.1. The quantitative estimate of drug-likeness (QED) is 0.142. The molecule has 0 saturated carbocycles. The van der Waals surface area contributed by atoms with Crippen LogP contribution in [-0.2, 0) is 0 Å². The highest BCUT2D eigenvalue weighted by Crippen LogP contribution is 2.44. The Labute approximate surface area is 586 Å². The van der Waals surface area contributed by atoms with E-state index in [4.69, 9.17) is 9.97 Å². The minimum atomic E-state index is 0.653. The number of fused-ring (bicyclic) bond motifs is 7. The van der Waals surface area contributed by atoms with Gasteiger partial charge in [-0.3, -0.25) is 9.97 Å². The lowest BCUT2D eigenvalue weighted by molar-refractivity contribution is 1.18. The summed E-state index contributed by atoms with van der Waals surface area (Å²) in [5, 5.41) is 41.4. The van der Waals surface area contributed by atoms with E-state index < -0.39 is 0 Å². The molecule has 4 heterocycles. The number of rotatable bonds is 8. The average molecular weight is 1290 g/mol. The van der Waals surface area contributed by atoms with Gasteiger partial charge in [-0.25, -0.2) is 0 Å². The summed E-state index contributed by atoms with van der Waals surface area (Å²) >= 11 is 0. The second-order valence-electron chi connectivity index (χ2n) is 26.7. The number of hydrogen-bond donors (Lipinski definition) is 0. The number of pyridine rings is 2. The molecule has 0 unspecified atom stereocenters. The van der Waals surface area contributed by atoms with Gasteiger partial charge in [-0.15, -0.1) is 0 Å². The van der Waals surface area contributed by atoms with Crippen LogP contribution in [0.4, 0.5) is 0 Å². The van der Waals surface area contributed by atoms with Gasteiger partial charge in [-0.05, 0) is 254 Å². The lowest BCUT2D eigenvalue weighted by atomic mass is 9.89. The summed E-state index contributed by atoms with van der Waals surface area (Å²) in [6.45, 7) is 0. The third-order valence-corrected chi connectivity index (χ3v) is 20.9. The van der Waals surface area contributed by atoms with Crippen molar-refractivity contribution in [3.63, 3.8) is 0 Å². The molecule has 0 atom stereocenters. The van der Waals surface area contributed by atoms with Crippen molar-refractivity contribution in [3.05, 3.63) is 351 Å². The van der Waals surface area contributed by atoms with Gasteiger partial charge in [0.15, 0.2) is 0 Å². The Bertz CT molecular complexity index is 6900. The summed E-state index contributed by atoms with van der Waals surface area (Å²) in [5.41, 5.74) is 21.2. The molecule has 0 aliphatic rings. The molecule has 21 rings (SSSR count). The Balaban J connectivity index is 0.000000137. The summed E-state index contributed by atoms with van der Waals surface area (Å²) in [7, 11) is 0. The van der Waals surface area contributed by atoms with E-state index in [0.717, 1.165) is 99.8 Å². The molecule has 0 fully saturated rings. The van der Waals surface area contributed by atoms with Crippen molar-refractivity contribution in [2.24, 2.45) is 0 Å². The third-order valence-electron chi connectivity index (χ3n) is 20.9. The molecule has 4 aromatic heterocycles. The molecule has 6 heteroatoms. The molecule has 0 radical (unpaired) electrons. The molecule has 21 aromatic rings. The van der Waals surface area contributed by atoms with Gasteiger partial charge in [-0.2, -0.15) is 10.5 Å². The van der Waals surface area contributed by atoms with Gasteiger partial charge in [-0.1, -0.05) is 182 Å². The van der Waals surface area contributed by atoms with E-state index in [0.29, 0.717) is 11.1 Å². The van der Waals surface area contributed by atoms with Crippen LogP contribution in [0, 0.1) is 22.7 Å². The first-order valence-corrected chi connectivity index (χ1v) is 34.4. The maximum absolute atomic E-state index is 9.70. The Morgan fingerprint density at radius 1 is 0.225 bits per heavy atom. The predicted molar refractivity (Wildman–Crippen MR) is 424 cm³/mol. The Hall–Kier alpha value is -14.0. The lowest BCUT2D eigenvalue weighted by Gasteiger charge is -2.15. The second-order valence-corrected chi connectivity index (χ2v) is 26.7. The maximum Gasteiger partial charge on any atom is 0.0991 e. The van der Waals surface area contributed by atoms with Crippen LogP contribution in [0.25, 0.3) is 197 Å². The zero-order valence-corrected chi connectivity index (χ0v) is 55.0. The second kappa shape index (κ2) is 23.3. The molecular formula is C96H56N6. The number of nitriles is 2. The molecule has 0 aliphatic carbocycles. The van der Waals surface area contributed by atoms with Crippen LogP contribution >= 0.6 is 0 Å². The average Bonchev–Trinajstić information content (AvgIpc) is 1.32. The summed E-state index contributed by atoms with van der Waals surface area (Å²) in [4.78, 5) is 9.99. The van der Waals surface area contributed by atoms with Gasteiger partial charge in [0, 0.05) is 67.6 Å². The van der Waals surface area contributed by atoms with Gasteiger partial charge < -0.3 is 9.13 Å². The van der Waals surface area contributed by atoms with Crippen molar-refractivity contribution in [1.82, 2.24) is 19.1 Å². The highest BCUT2D eigenvalue weighted by atomic mass is 15.0. The van der Waals surface area contributed by atoms with Crippen molar-refractivity contribution in [1.29, 1.82) is 10.5 Å². The largest absolute Gasteiger partial charge is 0.309 e. The highest BCUT2D eigenvalue weighted by molar-refractivity contribution is 6.26. The number of para-hydroxylation sites is 2. The topological polar surface area (TPSA) is 83.2 Å². The van der Waals surface area contributed by atoms with Crippen molar-refractivity contribution < 1.29 is 0 Å². The fourth-order valence-corrected chi connectivity index (χ4v) is 16.1. The highest BCUT2D eigenvalue weighted by Gasteiger charge is 2.20. The Kier molecular flexibility index (Phi) is 13.3. The zero-order chi connectivity index (χ0) is 67.5. The molecule has 0 aliphatic heterocycles. The van der Waals surface area contributed by atoms with Crippen LogP contribution in [0.1, 0.15) is 11.1 Å². The van der Waals surface area contributed by atoms with Crippen LogP contribution in [-0.4, -0.2) is 19.1 Å². The SMILES string of the molecule is N#Cc1ccc2c(c1)c1cc(-c3ccc(-c4cc5ccc6cc(-c7cccc8ccccc78)cc7ccc(c4)c5c67)nc3)ccc1n2-c1ccccc1.N#Cc1ccc2c(c1)c1cc(-c3ccc(-c4cc5ccc6cc(-c7ccccc7)cc7ccc(c4)c5c67)nc3)ccc1n2-c1ccccc1. The molecule has 102 heavy (non-hydrogen) atoms. The lowest BCUT2D eigenvalue weighted by Crippen LogP contribution is -1.93. The summed E-state index contributed by atoms with van der Waals surface area (Å²) in [6, 6.07) is 121. The van der Waals surface area contributed by atoms with Gasteiger partial charge in [0.2, 0.25) is 0 Å². The van der Waals surface area contributed by atoms with E-state index in [1.54, 1.807) is 0 Å². The van der Waals surface area contributed by atoms with Crippen LogP contribution < -0.4 is 0 Å². The smallest absolute Gasteiger partial charge is 0.0991 e. The van der Waals surface area contributed by atoms with Crippen molar-refractivity contribution in [3.8, 4) is 90.5 Å². The minimum absolute atomic E-state index is 0.653. The molecule has 0 N–H and O–H groups in total. The standard InChI is InChI=1S/C50H29N3.C46H27N3/c51-29-31-13-21-47-44(23-31)45-28-33(19-22-48(45)53(47)41-9-2-1-3-10-41)38-18-20-46(52-30-38)40-26-36-16-14-34-24-39(25-35-15-17-37(27-40)50(36)49(34)35)43-12-6-8-32-7-4-5-11-42(32)43;47-27-29-11-19-43-40(21-29)41-26-31(17-20-44(41)49(43)39-9-5-2-6-10-39)36-16-18-42(48-28-36)38-24-34-14-12-32-22-37(30-7-3-1-4-8-30)23-33-13-15-35(25-38)46(34)45(32)33/h1-28,30H;1-26,28H. The number of hydrogen-bond acceptors (Lipinski definition) is 4. The number of aromatic nitrogens is 4. The minimum Gasteiger partial charge on any atom is -0.309 e. The summed E-state index contributed by atoms with van der Waals surface area (Å²) in [5.74, 6) is 0. The number of nitrogens with zero attached hydrogens (tertiary/aromatic N) is 6. The molecule has 470 valence electrons. The Morgan fingerprint density at radius 3 is 0.990 bits per heavy atom.